The predicted molar refractivity (Wildman–Crippen MR) is 82.8 cm³/mol. The SMILES string of the molecule is CCCCN(CCCC)C(Cl)=[N+](CCC)CCC. The first kappa shape index (κ1) is 17.8. The van der Waals surface area contributed by atoms with E-state index in [-0.39, 0.29) is 0 Å². The van der Waals surface area contributed by atoms with Gasteiger partial charge in [0.15, 0.2) is 0 Å². The molecule has 2 nitrogen and oxygen atoms in total. The van der Waals surface area contributed by atoms with Crippen LogP contribution >= 0.6 is 11.6 Å². The van der Waals surface area contributed by atoms with E-state index >= 15 is 0 Å². The molecular formula is C15H32ClN2+. The first-order chi connectivity index (χ1) is 8.71. The molecular weight excluding hydrogens is 244 g/mol. The van der Waals surface area contributed by atoms with Gasteiger partial charge in [0.25, 0.3) is 0 Å². The Hall–Kier alpha value is -0.240. The van der Waals surface area contributed by atoms with Gasteiger partial charge in [-0.1, -0.05) is 40.5 Å². The average Bonchev–Trinajstić information content (AvgIpc) is 2.38. The number of unbranched alkanes of at least 4 members (excludes halogenated alkanes) is 2. The molecule has 0 rings (SSSR count). The van der Waals surface area contributed by atoms with Crippen LogP contribution in [-0.2, 0) is 0 Å². The Labute approximate surface area is 119 Å². The molecule has 0 N–H and O–H groups in total. The topological polar surface area (TPSA) is 6.25 Å². The van der Waals surface area contributed by atoms with Gasteiger partial charge in [-0.15, -0.1) is 0 Å². The lowest BCUT2D eigenvalue weighted by Gasteiger charge is -2.18. The first-order valence-electron chi connectivity index (χ1n) is 7.73. The molecule has 0 aromatic carbocycles. The van der Waals surface area contributed by atoms with Gasteiger partial charge in [0.1, 0.15) is 0 Å². The minimum absolute atomic E-state index is 0.973. The van der Waals surface area contributed by atoms with Crippen molar-refractivity contribution >= 4 is 16.9 Å². The van der Waals surface area contributed by atoms with Gasteiger partial charge in [0, 0.05) is 11.6 Å². The van der Waals surface area contributed by atoms with Gasteiger partial charge in [-0.05, 0) is 25.7 Å². The zero-order valence-electron chi connectivity index (χ0n) is 12.8. The molecule has 0 unspecified atom stereocenters. The molecule has 0 saturated carbocycles. The second-order valence-corrected chi connectivity index (χ2v) is 5.29. The lowest BCUT2D eigenvalue weighted by molar-refractivity contribution is -0.530. The van der Waals surface area contributed by atoms with Crippen molar-refractivity contribution < 1.29 is 4.58 Å². The van der Waals surface area contributed by atoms with Crippen molar-refractivity contribution in [2.75, 3.05) is 26.2 Å². The fraction of sp³-hybridized carbons (Fsp3) is 0.933. The van der Waals surface area contributed by atoms with Crippen LogP contribution in [-0.4, -0.2) is 40.9 Å². The van der Waals surface area contributed by atoms with Crippen LogP contribution in [0.4, 0.5) is 0 Å². The standard InChI is InChI=1S/C15H32ClN2/c1-5-9-13-18(14-10-6-2)15(16)17(11-7-3)12-8-4/h5-14H2,1-4H3/q+1. The number of hydrogen-bond donors (Lipinski definition) is 0. The molecule has 0 aliphatic heterocycles. The third kappa shape index (κ3) is 7.25. The molecule has 0 spiro atoms. The Kier molecular flexibility index (Phi) is 11.7. The Bertz CT molecular complexity index is 211. The van der Waals surface area contributed by atoms with E-state index in [0.717, 1.165) is 44.3 Å². The van der Waals surface area contributed by atoms with Gasteiger partial charge < -0.3 is 0 Å². The Balaban J connectivity index is 4.71. The second-order valence-electron chi connectivity index (χ2n) is 4.95. The summed E-state index contributed by atoms with van der Waals surface area (Å²) in [6, 6.07) is 0. The van der Waals surface area contributed by atoms with Crippen LogP contribution in [0.5, 0.6) is 0 Å². The first-order valence-corrected chi connectivity index (χ1v) is 8.11. The molecule has 0 aromatic heterocycles. The van der Waals surface area contributed by atoms with Gasteiger partial charge in [-0.2, -0.15) is 0 Å². The average molecular weight is 276 g/mol. The quantitative estimate of drug-likeness (QED) is 0.249. The Morgan fingerprint density at radius 3 is 1.61 bits per heavy atom. The van der Waals surface area contributed by atoms with Gasteiger partial charge in [0.05, 0.1) is 26.2 Å². The largest absolute Gasteiger partial charge is 0.345 e. The fourth-order valence-corrected chi connectivity index (χ4v) is 2.37. The van der Waals surface area contributed by atoms with Crippen molar-refractivity contribution in [3.8, 4) is 0 Å². The molecule has 0 atom stereocenters. The molecule has 18 heavy (non-hydrogen) atoms. The molecule has 0 aromatic rings. The van der Waals surface area contributed by atoms with Crippen molar-refractivity contribution in [2.45, 2.75) is 66.2 Å². The molecule has 0 radical (unpaired) electrons. The third-order valence-electron chi connectivity index (χ3n) is 3.07. The maximum Gasteiger partial charge on any atom is 0.345 e. The lowest BCUT2D eigenvalue weighted by Crippen LogP contribution is -2.37. The highest BCUT2D eigenvalue weighted by atomic mass is 35.5. The third-order valence-corrected chi connectivity index (χ3v) is 3.55. The predicted octanol–water partition coefficient (Wildman–Crippen LogP) is 4.32. The van der Waals surface area contributed by atoms with Crippen molar-refractivity contribution in [3.63, 3.8) is 0 Å². The molecule has 108 valence electrons. The lowest BCUT2D eigenvalue weighted by atomic mass is 10.3. The summed E-state index contributed by atoms with van der Waals surface area (Å²) in [7, 11) is 0. The van der Waals surface area contributed by atoms with Gasteiger partial charge in [-0.3, -0.25) is 9.48 Å². The van der Waals surface area contributed by atoms with E-state index in [1.165, 1.54) is 25.7 Å². The van der Waals surface area contributed by atoms with Crippen LogP contribution in [0.15, 0.2) is 0 Å². The summed E-state index contributed by atoms with van der Waals surface area (Å²) in [5.41, 5.74) is 0. The summed E-state index contributed by atoms with van der Waals surface area (Å²) in [5, 5.41) is 0.973. The maximum absolute atomic E-state index is 6.61. The number of hydrogen-bond acceptors (Lipinski definition) is 0. The van der Waals surface area contributed by atoms with Crippen molar-refractivity contribution in [2.24, 2.45) is 0 Å². The molecule has 0 fully saturated rings. The molecule has 3 heteroatoms. The minimum atomic E-state index is 0.973. The van der Waals surface area contributed by atoms with Crippen LogP contribution < -0.4 is 0 Å². The zero-order valence-corrected chi connectivity index (χ0v) is 13.6. The van der Waals surface area contributed by atoms with Crippen LogP contribution in [0.2, 0.25) is 0 Å². The van der Waals surface area contributed by atoms with E-state index in [2.05, 4.69) is 37.2 Å². The summed E-state index contributed by atoms with van der Waals surface area (Å²) in [6.45, 7) is 13.2. The van der Waals surface area contributed by atoms with E-state index < -0.39 is 0 Å². The number of halogens is 1. The summed E-state index contributed by atoms with van der Waals surface area (Å²) < 4.78 is 2.34. The van der Waals surface area contributed by atoms with Crippen LogP contribution in [0.3, 0.4) is 0 Å². The van der Waals surface area contributed by atoms with Crippen molar-refractivity contribution in [3.05, 3.63) is 0 Å². The van der Waals surface area contributed by atoms with Gasteiger partial charge in [0.2, 0.25) is 0 Å². The molecule has 0 amide bonds. The molecule has 0 heterocycles. The van der Waals surface area contributed by atoms with Crippen LogP contribution in [0, 0.1) is 0 Å². The van der Waals surface area contributed by atoms with Crippen LogP contribution in [0.25, 0.3) is 0 Å². The number of nitrogens with zero attached hydrogens (tertiary/aromatic N) is 2. The molecule has 0 saturated heterocycles. The fourth-order valence-electron chi connectivity index (χ4n) is 2.03. The molecule has 0 bridgehead atoms. The number of amidine groups is 1. The number of rotatable bonds is 10. The van der Waals surface area contributed by atoms with E-state index in [9.17, 15) is 0 Å². The van der Waals surface area contributed by atoms with E-state index in [1.807, 2.05) is 0 Å². The molecule has 0 aliphatic rings. The second kappa shape index (κ2) is 11.8. The highest BCUT2D eigenvalue weighted by Gasteiger charge is 2.19. The van der Waals surface area contributed by atoms with Gasteiger partial charge in [-0.25, -0.2) is 0 Å². The zero-order chi connectivity index (χ0) is 13.8. The minimum Gasteiger partial charge on any atom is -0.252 e. The normalized spacial score (nSPS) is 10.5. The molecule has 0 aliphatic carbocycles. The van der Waals surface area contributed by atoms with E-state index in [4.69, 9.17) is 11.6 Å². The highest BCUT2D eigenvalue weighted by molar-refractivity contribution is 6.63. The van der Waals surface area contributed by atoms with E-state index in [1.54, 1.807) is 0 Å². The Morgan fingerprint density at radius 2 is 1.28 bits per heavy atom. The van der Waals surface area contributed by atoms with Crippen molar-refractivity contribution in [1.82, 2.24) is 4.90 Å². The van der Waals surface area contributed by atoms with Crippen molar-refractivity contribution in [1.29, 1.82) is 0 Å². The highest BCUT2D eigenvalue weighted by Crippen LogP contribution is 2.05. The summed E-state index contributed by atoms with van der Waals surface area (Å²) >= 11 is 6.61. The smallest absolute Gasteiger partial charge is 0.252 e. The Morgan fingerprint density at radius 1 is 0.833 bits per heavy atom. The maximum atomic E-state index is 6.61. The summed E-state index contributed by atoms with van der Waals surface area (Å²) in [5.74, 6) is 0. The van der Waals surface area contributed by atoms with Crippen LogP contribution in [0.1, 0.15) is 66.2 Å². The van der Waals surface area contributed by atoms with E-state index in [0.29, 0.717) is 0 Å². The monoisotopic (exact) mass is 275 g/mol. The summed E-state index contributed by atoms with van der Waals surface area (Å²) in [6.07, 6.45) is 7.23. The summed E-state index contributed by atoms with van der Waals surface area (Å²) in [4.78, 5) is 2.37. The van der Waals surface area contributed by atoms with Gasteiger partial charge >= 0.3 is 5.29 Å².